The summed E-state index contributed by atoms with van der Waals surface area (Å²) in [6.07, 6.45) is 5.13. The number of rotatable bonds is 6. The molecule has 0 saturated carbocycles. The molecule has 0 spiro atoms. The number of likely N-dealkylation sites (tertiary alicyclic amines) is 1. The van der Waals surface area contributed by atoms with E-state index in [-0.39, 0.29) is 0 Å². The summed E-state index contributed by atoms with van der Waals surface area (Å²) in [6, 6.07) is 1.97. The topological polar surface area (TPSA) is 58.3 Å². The van der Waals surface area contributed by atoms with Crippen molar-refractivity contribution in [2.24, 2.45) is 11.7 Å². The van der Waals surface area contributed by atoms with Crippen LogP contribution in [-0.2, 0) is 6.42 Å². The van der Waals surface area contributed by atoms with Crippen molar-refractivity contribution in [3.05, 3.63) is 18.1 Å². The summed E-state index contributed by atoms with van der Waals surface area (Å²) in [6.45, 7) is 4.12. The summed E-state index contributed by atoms with van der Waals surface area (Å²) in [7, 11) is 4.31. The maximum Gasteiger partial charge on any atom is 0.131 e. The van der Waals surface area contributed by atoms with Gasteiger partial charge in [0.05, 0.1) is 0 Å². The maximum atomic E-state index is 5.54. The monoisotopic (exact) mass is 263 g/mol. The van der Waals surface area contributed by atoms with Gasteiger partial charge in [-0.15, -0.1) is 0 Å². The fraction of sp³-hybridized carbons (Fsp3) is 0.714. The predicted octanol–water partition coefficient (Wildman–Crippen LogP) is 0.756. The minimum atomic E-state index is 0.599. The molecular weight excluding hydrogens is 238 g/mol. The second kappa shape index (κ2) is 6.82. The highest BCUT2D eigenvalue weighted by atomic mass is 15.2. The summed E-state index contributed by atoms with van der Waals surface area (Å²) in [5, 5.41) is 0. The zero-order valence-electron chi connectivity index (χ0n) is 12.0. The Morgan fingerprint density at radius 3 is 3.05 bits per heavy atom. The molecule has 19 heavy (non-hydrogen) atoms. The van der Waals surface area contributed by atoms with Crippen LogP contribution in [0.25, 0.3) is 0 Å². The second-order valence-corrected chi connectivity index (χ2v) is 5.50. The summed E-state index contributed by atoms with van der Waals surface area (Å²) in [5.41, 5.74) is 5.54. The van der Waals surface area contributed by atoms with Crippen LogP contribution >= 0.6 is 0 Å². The Bertz CT molecular complexity index is 395. The number of nitrogens with zero attached hydrogens (tertiary/aromatic N) is 4. The van der Waals surface area contributed by atoms with Crippen molar-refractivity contribution in [3.8, 4) is 0 Å². The Morgan fingerprint density at radius 2 is 2.37 bits per heavy atom. The molecule has 0 amide bonds. The molecule has 2 rings (SSSR count). The van der Waals surface area contributed by atoms with Crippen LogP contribution in [0.15, 0.2) is 12.3 Å². The molecule has 1 aromatic heterocycles. The van der Waals surface area contributed by atoms with Crippen LogP contribution in [0.4, 0.5) is 5.82 Å². The van der Waals surface area contributed by atoms with Gasteiger partial charge in [-0.25, -0.2) is 9.97 Å². The van der Waals surface area contributed by atoms with E-state index in [0.29, 0.717) is 6.54 Å². The molecular formula is C14H25N5. The predicted molar refractivity (Wildman–Crippen MR) is 78.3 cm³/mol. The molecule has 2 heterocycles. The molecule has 1 atom stereocenters. The van der Waals surface area contributed by atoms with Crippen LogP contribution in [0.2, 0.25) is 0 Å². The normalized spacial score (nSPS) is 19.8. The van der Waals surface area contributed by atoms with Crippen LogP contribution in [0, 0.1) is 5.92 Å². The first kappa shape index (κ1) is 14.2. The molecule has 1 saturated heterocycles. The van der Waals surface area contributed by atoms with E-state index >= 15 is 0 Å². The Balaban J connectivity index is 1.85. The lowest BCUT2D eigenvalue weighted by atomic mass is 10.1. The van der Waals surface area contributed by atoms with Crippen molar-refractivity contribution in [2.45, 2.75) is 19.3 Å². The first-order valence-corrected chi connectivity index (χ1v) is 7.10. The average Bonchev–Trinajstić information content (AvgIpc) is 2.82. The van der Waals surface area contributed by atoms with Gasteiger partial charge < -0.3 is 15.5 Å². The van der Waals surface area contributed by atoms with Crippen LogP contribution in [0.5, 0.6) is 0 Å². The zero-order valence-corrected chi connectivity index (χ0v) is 12.0. The molecule has 1 aromatic rings. The number of hydrogen-bond acceptors (Lipinski definition) is 5. The van der Waals surface area contributed by atoms with E-state index in [0.717, 1.165) is 30.5 Å². The number of aromatic nitrogens is 2. The lowest BCUT2D eigenvalue weighted by molar-refractivity contribution is 0.389. The van der Waals surface area contributed by atoms with Gasteiger partial charge in [0.15, 0.2) is 0 Å². The molecule has 0 aromatic carbocycles. The van der Waals surface area contributed by atoms with Gasteiger partial charge >= 0.3 is 0 Å². The van der Waals surface area contributed by atoms with E-state index in [4.69, 9.17) is 5.73 Å². The highest BCUT2D eigenvalue weighted by molar-refractivity contribution is 5.36. The smallest absolute Gasteiger partial charge is 0.131 e. The molecule has 5 nitrogen and oxygen atoms in total. The zero-order chi connectivity index (χ0) is 13.7. The summed E-state index contributed by atoms with van der Waals surface area (Å²) in [4.78, 5) is 13.4. The van der Waals surface area contributed by atoms with Gasteiger partial charge in [0.1, 0.15) is 11.6 Å². The minimum Gasteiger partial charge on any atom is -0.360 e. The van der Waals surface area contributed by atoms with Crippen LogP contribution < -0.4 is 10.6 Å². The van der Waals surface area contributed by atoms with Crippen LogP contribution in [-0.4, -0.2) is 55.1 Å². The van der Waals surface area contributed by atoms with Gasteiger partial charge in [-0.2, -0.15) is 0 Å². The highest BCUT2D eigenvalue weighted by Crippen LogP contribution is 2.19. The Kier molecular flexibility index (Phi) is 5.10. The minimum absolute atomic E-state index is 0.599. The van der Waals surface area contributed by atoms with E-state index in [9.17, 15) is 0 Å². The lowest BCUT2D eigenvalue weighted by Crippen LogP contribution is -2.23. The molecule has 0 aliphatic carbocycles. The highest BCUT2D eigenvalue weighted by Gasteiger charge is 2.19. The molecule has 1 aliphatic heterocycles. The molecule has 0 bridgehead atoms. The largest absolute Gasteiger partial charge is 0.360 e. The van der Waals surface area contributed by atoms with E-state index in [1.165, 1.54) is 25.9 Å². The second-order valence-electron chi connectivity index (χ2n) is 5.50. The van der Waals surface area contributed by atoms with E-state index < -0.39 is 0 Å². The Labute approximate surface area is 115 Å². The fourth-order valence-electron chi connectivity index (χ4n) is 2.60. The number of nitrogens with two attached hydrogens (primary N) is 1. The molecule has 1 aliphatic rings. The van der Waals surface area contributed by atoms with Crippen molar-refractivity contribution in [2.75, 3.05) is 45.2 Å². The quantitative estimate of drug-likeness (QED) is 0.821. The third-order valence-corrected chi connectivity index (χ3v) is 3.81. The molecule has 106 valence electrons. The van der Waals surface area contributed by atoms with Crippen molar-refractivity contribution in [1.29, 1.82) is 0 Å². The van der Waals surface area contributed by atoms with Gasteiger partial charge in [-0.1, -0.05) is 0 Å². The number of anilines is 1. The molecule has 2 N–H and O–H groups in total. The Hall–Kier alpha value is -1.20. The molecule has 5 heteroatoms. The fourth-order valence-corrected chi connectivity index (χ4v) is 2.60. The van der Waals surface area contributed by atoms with Crippen molar-refractivity contribution in [1.82, 2.24) is 14.9 Å². The van der Waals surface area contributed by atoms with Gasteiger partial charge in [0.2, 0.25) is 0 Å². The first-order valence-electron chi connectivity index (χ1n) is 7.10. The van der Waals surface area contributed by atoms with Gasteiger partial charge in [0, 0.05) is 32.8 Å². The van der Waals surface area contributed by atoms with Crippen LogP contribution in [0.1, 0.15) is 18.7 Å². The molecule has 0 radical (unpaired) electrons. The van der Waals surface area contributed by atoms with Gasteiger partial charge in [-0.3, -0.25) is 0 Å². The maximum absolute atomic E-state index is 5.54. The van der Waals surface area contributed by atoms with Crippen LogP contribution in [0.3, 0.4) is 0 Å². The van der Waals surface area contributed by atoms with Crippen molar-refractivity contribution in [3.63, 3.8) is 0 Å². The van der Waals surface area contributed by atoms with Gasteiger partial charge in [-0.05, 0) is 45.0 Å². The SMILES string of the molecule is CN1CCC(CCN(C)c2ccnc(CCN)n2)C1. The van der Waals surface area contributed by atoms with Crippen molar-refractivity contribution < 1.29 is 0 Å². The van der Waals surface area contributed by atoms with E-state index in [1.807, 2.05) is 12.3 Å². The number of hydrogen-bond donors (Lipinski definition) is 1. The summed E-state index contributed by atoms with van der Waals surface area (Å²) in [5.74, 6) is 2.68. The third-order valence-electron chi connectivity index (χ3n) is 3.81. The average molecular weight is 263 g/mol. The third kappa shape index (κ3) is 4.14. The van der Waals surface area contributed by atoms with Crippen molar-refractivity contribution >= 4 is 5.82 Å². The Morgan fingerprint density at radius 1 is 1.53 bits per heavy atom. The standard InChI is InChI=1S/C14H25N5/c1-18-9-5-12(11-18)6-10-19(2)14-4-8-16-13(17-14)3-7-15/h4,8,12H,3,5-7,9-11,15H2,1-2H3. The van der Waals surface area contributed by atoms with E-state index in [1.54, 1.807) is 0 Å². The molecule has 1 fully saturated rings. The van der Waals surface area contributed by atoms with Gasteiger partial charge in [0.25, 0.3) is 0 Å². The first-order chi connectivity index (χ1) is 9.19. The lowest BCUT2D eigenvalue weighted by Gasteiger charge is -2.20. The molecule has 1 unspecified atom stereocenters. The van der Waals surface area contributed by atoms with E-state index in [2.05, 4.69) is 33.9 Å². The summed E-state index contributed by atoms with van der Waals surface area (Å²) >= 11 is 0. The summed E-state index contributed by atoms with van der Waals surface area (Å²) < 4.78 is 0.